The highest BCUT2D eigenvalue weighted by atomic mass is 32.2. The maximum atomic E-state index is 11.8. The zero-order valence-corrected chi connectivity index (χ0v) is 12.3. The van der Waals surface area contributed by atoms with E-state index in [0.29, 0.717) is 30.2 Å². The van der Waals surface area contributed by atoms with Crippen LogP contribution in [-0.2, 0) is 4.74 Å². The van der Waals surface area contributed by atoms with Crippen molar-refractivity contribution in [3.63, 3.8) is 0 Å². The number of carbonyl (C=O) groups excluding carboxylic acids is 1. The third kappa shape index (κ3) is 5.42. The van der Waals surface area contributed by atoms with Gasteiger partial charge in [0.15, 0.2) is 0 Å². The zero-order chi connectivity index (χ0) is 14.1. The van der Waals surface area contributed by atoms with Gasteiger partial charge in [0.05, 0.1) is 24.5 Å². The highest BCUT2D eigenvalue weighted by Gasteiger charge is 2.09. The van der Waals surface area contributed by atoms with Crippen LogP contribution in [0.25, 0.3) is 0 Å². The van der Waals surface area contributed by atoms with Crippen molar-refractivity contribution < 1.29 is 14.3 Å². The lowest BCUT2D eigenvalue weighted by Gasteiger charge is -2.09. The summed E-state index contributed by atoms with van der Waals surface area (Å²) in [4.78, 5) is 11.8. The summed E-state index contributed by atoms with van der Waals surface area (Å²) in [6.45, 7) is 4.98. The van der Waals surface area contributed by atoms with E-state index < -0.39 is 0 Å². The molecule has 0 fully saturated rings. The van der Waals surface area contributed by atoms with E-state index in [9.17, 15) is 4.79 Å². The number of nitrogen functional groups attached to an aromatic ring is 1. The highest BCUT2D eigenvalue weighted by molar-refractivity contribution is 7.99. The summed E-state index contributed by atoms with van der Waals surface area (Å²) in [5.41, 5.74) is 6.72. The minimum absolute atomic E-state index is 0.337. The molecule has 0 aliphatic rings. The van der Waals surface area contributed by atoms with Gasteiger partial charge in [-0.15, -0.1) is 0 Å². The standard InChI is InChI=1S/C14H21NO3S/c1-3-17-13-7-6-11(10-12(13)15)14(16)18-8-5-9-19-4-2/h6-7,10H,3-5,8-9,15H2,1-2H3. The van der Waals surface area contributed by atoms with Gasteiger partial charge >= 0.3 is 5.97 Å². The number of benzene rings is 1. The largest absolute Gasteiger partial charge is 0.492 e. The Morgan fingerprint density at radius 3 is 2.79 bits per heavy atom. The van der Waals surface area contributed by atoms with E-state index in [1.807, 2.05) is 18.7 Å². The first kappa shape index (κ1) is 15.7. The molecule has 2 N–H and O–H groups in total. The Balaban J connectivity index is 2.46. The third-order valence-electron chi connectivity index (χ3n) is 2.42. The number of carbonyl (C=O) groups is 1. The van der Waals surface area contributed by atoms with Gasteiger partial charge in [-0.05, 0) is 43.0 Å². The van der Waals surface area contributed by atoms with E-state index in [2.05, 4.69) is 6.92 Å². The van der Waals surface area contributed by atoms with Crippen LogP contribution in [0.5, 0.6) is 5.75 Å². The molecule has 0 aromatic heterocycles. The van der Waals surface area contributed by atoms with Gasteiger partial charge in [0.25, 0.3) is 0 Å². The Morgan fingerprint density at radius 1 is 1.37 bits per heavy atom. The van der Waals surface area contributed by atoms with Crippen LogP contribution in [0.15, 0.2) is 18.2 Å². The van der Waals surface area contributed by atoms with Crippen molar-refractivity contribution in [3.8, 4) is 5.75 Å². The number of esters is 1. The van der Waals surface area contributed by atoms with Crippen LogP contribution >= 0.6 is 11.8 Å². The van der Waals surface area contributed by atoms with Crippen LogP contribution in [0.1, 0.15) is 30.6 Å². The number of hydrogen-bond acceptors (Lipinski definition) is 5. The first-order valence-corrected chi connectivity index (χ1v) is 7.61. The highest BCUT2D eigenvalue weighted by Crippen LogP contribution is 2.22. The Kier molecular flexibility index (Phi) is 7.18. The van der Waals surface area contributed by atoms with Crippen LogP contribution < -0.4 is 10.5 Å². The number of hydrogen-bond donors (Lipinski definition) is 1. The molecule has 0 radical (unpaired) electrons. The van der Waals surface area contributed by atoms with Gasteiger partial charge in [0.2, 0.25) is 0 Å². The maximum Gasteiger partial charge on any atom is 0.338 e. The molecular weight excluding hydrogens is 262 g/mol. The summed E-state index contributed by atoms with van der Waals surface area (Å²) in [6.07, 6.45) is 0.872. The Morgan fingerprint density at radius 2 is 2.16 bits per heavy atom. The van der Waals surface area contributed by atoms with Crippen LogP contribution in [0, 0.1) is 0 Å². The van der Waals surface area contributed by atoms with Gasteiger partial charge in [-0.2, -0.15) is 11.8 Å². The number of ether oxygens (including phenoxy) is 2. The van der Waals surface area contributed by atoms with Crippen molar-refractivity contribution >= 4 is 23.4 Å². The summed E-state index contributed by atoms with van der Waals surface area (Å²) in [6, 6.07) is 4.96. The fourth-order valence-electron chi connectivity index (χ4n) is 1.52. The third-order valence-corrected chi connectivity index (χ3v) is 3.40. The molecule has 0 aliphatic heterocycles. The maximum absolute atomic E-state index is 11.8. The van der Waals surface area contributed by atoms with Gasteiger partial charge < -0.3 is 15.2 Å². The molecular formula is C14H21NO3S. The van der Waals surface area contributed by atoms with Crippen LogP contribution in [-0.4, -0.2) is 30.7 Å². The normalized spacial score (nSPS) is 10.2. The zero-order valence-electron chi connectivity index (χ0n) is 11.5. The van der Waals surface area contributed by atoms with Crippen LogP contribution in [0.4, 0.5) is 5.69 Å². The molecule has 4 nitrogen and oxygen atoms in total. The lowest BCUT2D eigenvalue weighted by Crippen LogP contribution is -2.08. The molecule has 5 heteroatoms. The van der Waals surface area contributed by atoms with E-state index in [1.54, 1.807) is 18.2 Å². The fourth-order valence-corrected chi connectivity index (χ4v) is 2.13. The molecule has 0 heterocycles. The van der Waals surface area contributed by atoms with Crippen LogP contribution in [0.3, 0.4) is 0 Å². The summed E-state index contributed by atoms with van der Waals surface area (Å²) in [7, 11) is 0. The van der Waals surface area contributed by atoms with Gasteiger partial charge in [-0.3, -0.25) is 0 Å². The van der Waals surface area contributed by atoms with Gasteiger partial charge in [0.1, 0.15) is 5.75 Å². The number of nitrogens with two attached hydrogens (primary N) is 1. The molecule has 0 atom stereocenters. The van der Waals surface area contributed by atoms with Crippen molar-refractivity contribution in [1.29, 1.82) is 0 Å². The summed E-state index contributed by atoms with van der Waals surface area (Å²) >= 11 is 1.84. The molecule has 19 heavy (non-hydrogen) atoms. The number of rotatable bonds is 8. The summed E-state index contributed by atoms with van der Waals surface area (Å²) in [5.74, 6) is 2.35. The Bertz CT molecular complexity index is 410. The topological polar surface area (TPSA) is 61.5 Å². The minimum Gasteiger partial charge on any atom is -0.492 e. The van der Waals surface area contributed by atoms with Crippen molar-refractivity contribution in [2.45, 2.75) is 20.3 Å². The van der Waals surface area contributed by atoms with Crippen molar-refractivity contribution in [3.05, 3.63) is 23.8 Å². The molecule has 0 aliphatic carbocycles. The van der Waals surface area contributed by atoms with Gasteiger partial charge in [-0.25, -0.2) is 4.79 Å². The van der Waals surface area contributed by atoms with Gasteiger partial charge in [-0.1, -0.05) is 6.92 Å². The lowest BCUT2D eigenvalue weighted by molar-refractivity contribution is 0.0506. The average Bonchev–Trinajstić information content (AvgIpc) is 2.41. The molecule has 1 aromatic rings. The predicted molar refractivity (Wildman–Crippen MR) is 79.9 cm³/mol. The van der Waals surface area contributed by atoms with Crippen molar-refractivity contribution in [2.75, 3.05) is 30.5 Å². The Hall–Kier alpha value is -1.36. The monoisotopic (exact) mass is 283 g/mol. The molecule has 0 amide bonds. The van der Waals surface area contributed by atoms with Gasteiger partial charge in [0, 0.05) is 0 Å². The molecule has 0 saturated heterocycles. The summed E-state index contributed by atoms with van der Waals surface area (Å²) < 4.78 is 10.5. The first-order valence-electron chi connectivity index (χ1n) is 6.46. The molecule has 0 unspecified atom stereocenters. The van der Waals surface area contributed by atoms with E-state index in [1.165, 1.54) is 0 Å². The summed E-state index contributed by atoms with van der Waals surface area (Å²) in [5, 5.41) is 0. The second kappa shape index (κ2) is 8.69. The molecule has 106 valence electrons. The first-order chi connectivity index (χ1) is 9.19. The molecule has 1 rings (SSSR count). The predicted octanol–water partition coefficient (Wildman–Crippen LogP) is 2.97. The van der Waals surface area contributed by atoms with E-state index in [0.717, 1.165) is 17.9 Å². The molecule has 0 saturated carbocycles. The average molecular weight is 283 g/mol. The lowest BCUT2D eigenvalue weighted by atomic mass is 10.2. The molecule has 0 bridgehead atoms. The van der Waals surface area contributed by atoms with Crippen LogP contribution in [0.2, 0.25) is 0 Å². The number of anilines is 1. The smallest absolute Gasteiger partial charge is 0.338 e. The van der Waals surface area contributed by atoms with E-state index in [4.69, 9.17) is 15.2 Å². The quantitative estimate of drug-likeness (QED) is 0.451. The molecule has 1 aromatic carbocycles. The fraction of sp³-hybridized carbons (Fsp3) is 0.500. The number of thioether (sulfide) groups is 1. The second-order valence-electron chi connectivity index (χ2n) is 3.87. The van der Waals surface area contributed by atoms with Crippen molar-refractivity contribution in [1.82, 2.24) is 0 Å². The second-order valence-corrected chi connectivity index (χ2v) is 5.27. The van der Waals surface area contributed by atoms with E-state index in [-0.39, 0.29) is 5.97 Å². The van der Waals surface area contributed by atoms with E-state index >= 15 is 0 Å². The molecule has 0 spiro atoms. The SMILES string of the molecule is CCOc1ccc(C(=O)OCCCSCC)cc1N. The van der Waals surface area contributed by atoms with Crippen molar-refractivity contribution in [2.24, 2.45) is 0 Å². The minimum atomic E-state index is -0.337. The Labute approximate surface area is 118 Å².